The Morgan fingerprint density at radius 3 is 2.26 bits per heavy atom. The minimum atomic E-state index is -0.303. The van der Waals surface area contributed by atoms with Crippen molar-refractivity contribution >= 4 is 11.6 Å². The third-order valence-corrected chi connectivity index (χ3v) is 3.69. The predicted molar refractivity (Wildman–Crippen MR) is 80.4 cm³/mol. The molecule has 23 heavy (non-hydrogen) atoms. The zero-order valence-electron chi connectivity index (χ0n) is 11.8. The molecule has 0 spiro atoms. The molecule has 0 radical (unpaired) electrons. The molecule has 0 saturated heterocycles. The van der Waals surface area contributed by atoms with Gasteiger partial charge in [-0.15, -0.1) is 0 Å². The van der Waals surface area contributed by atoms with Crippen molar-refractivity contribution in [3.05, 3.63) is 77.4 Å². The maximum atomic E-state index is 13.2. The van der Waals surface area contributed by atoms with Gasteiger partial charge >= 0.3 is 0 Å². The van der Waals surface area contributed by atoms with Crippen LogP contribution >= 0.6 is 0 Å². The Hall–Kier alpha value is -3.09. The van der Waals surface area contributed by atoms with Gasteiger partial charge in [-0.25, -0.2) is 8.78 Å². The number of aromatic nitrogens is 4. The maximum absolute atomic E-state index is 13.2. The monoisotopic (exact) mass is 311 g/mol. The summed E-state index contributed by atoms with van der Waals surface area (Å²) in [5.41, 5.74) is 2.43. The molecule has 3 aromatic rings. The van der Waals surface area contributed by atoms with Crippen LogP contribution in [0.1, 0.15) is 17.2 Å². The third-order valence-electron chi connectivity index (χ3n) is 3.69. The van der Waals surface area contributed by atoms with Gasteiger partial charge in [0, 0.05) is 5.70 Å². The van der Waals surface area contributed by atoms with Crippen LogP contribution in [-0.2, 0) is 0 Å². The first-order valence-corrected chi connectivity index (χ1v) is 6.99. The minimum Gasteiger partial charge on any atom is -0.323 e. The van der Waals surface area contributed by atoms with E-state index in [1.54, 1.807) is 28.9 Å². The Kier molecular flexibility index (Phi) is 3.11. The second kappa shape index (κ2) is 5.28. The fraction of sp³-hybridized carbons (Fsp3) is 0.0625. The third kappa shape index (κ3) is 2.46. The molecular formula is C16H11F2N5. The second-order valence-electron chi connectivity index (χ2n) is 5.16. The summed E-state index contributed by atoms with van der Waals surface area (Å²) < 4.78 is 27.9. The summed E-state index contributed by atoms with van der Waals surface area (Å²) >= 11 is 0. The van der Waals surface area contributed by atoms with Gasteiger partial charge in [0.25, 0.3) is 0 Å². The van der Waals surface area contributed by atoms with Gasteiger partial charge in [-0.2, -0.15) is 4.68 Å². The number of anilines is 1. The van der Waals surface area contributed by atoms with E-state index in [1.165, 1.54) is 24.3 Å². The normalized spacial score (nSPS) is 16.4. The van der Waals surface area contributed by atoms with Crippen molar-refractivity contribution in [3.63, 3.8) is 0 Å². The van der Waals surface area contributed by atoms with Crippen LogP contribution in [0.5, 0.6) is 0 Å². The van der Waals surface area contributed by atoms with Crippen LogP contribution in [-0.4, -0.2) is 20.2 Å². The summed E-state index contributed by atoms with van der Waals surface area (Å²) in [5, 5.41) is 14.7. The van der Waals surface area contributed by atoms with Gasteiger partial charge < -0.3 is 5.32 Å². The number of hydrogen-bond donors (Lipinski definition) is 1. The predicted octanol–water partition coefficient (Wildman–Crippen LogP) is 3.01. The first-order valence-electron chi connectivity index (χ1n) is 6.99. The maximum Gasteiger partial charge on any atom is 0.248 e. The Morgan fingerprint density at radius 2 is 1.57 bits per heavy atom. The molecule has 0 aliphatic carbocycles. The quantitative estimate of drug-likeness (QED) is 0.790. The highest BCUT2D eigenvalue weighted by atomic mass is 19.1. The van der Waals surface area contributed by atoms with Gasteiger partial charge in [0.15, 0.2) is 0 Å². The van der Waals surface area contributed by atoms with E-state index in [4.69, 9.17) is 0 Å². The highest BCUT2D eigenvalue weighted by molar-refractivity contribution is 5.76. The molecular weight excluding hydrogens is 300 g/mol. The number of fused-ring (bicyclic) bond motifs is 1. The lowest BCUT2D eigenvalue weighted by molar-refractivity contribution is 0.582. The van der Waals surface area contributed by atoms with Gasteiger partial charge in [0.2, 0.25) is 5.95 Å². The van der Waals surface area contributed by atoms with E-state index in [2.05, 4.69) is 20.8 Å². The summed E-state index contributed by atoms with van der Waals surface area (Å²) in [6.45, 7) is 0. The lowest BCUT2D eigenvalue weighted by Gasteiger charge is -2.23. The highest BCUT2D eigenvalue weighted by Gasteiger charge is 2.24. The molecule has 1 aromatic heterocycles. The fourth-order valence-corrected chi connectivity index (χ4v) is 2.55. The van der Waals surface area contributed by atoms with Crippen molar-refractivity contribution in [2.24, 2.45) is 0 Å². The number of rotatable bonds is 2. The van der Waals surface area contributed by atoms with Crippen molar-refractivity contribution in [1.29, 1.82) is 0 Å². The van der Waals surface area contributed by atoms with Crippen molar-refractivity contribution in [1.82, 2.24) is 20.2 Å². The Bertz CT molecular complexity index is 868. The van der Waals surface area contributed by atoms with Crippen LogP contribution in [0.15, 0.2) is 54.6 Å². The molecule has 1 atom stereocenters. The molecule has 2 aromatic carbocycles. The van der Waals surface area contributed by atoms with E-state index < -0.39 is 0 Å². The largest absolute Gasteiger partial charge is 0.323 e. The smallest absolute Gasteiger partial charge is 0.248 e. The zero-order valence-corrected chi connectivity index (χ0v) is 11.8. The first kappa shape index (κ1) is 13.6. The number of hydrogen-bond acceptors (Lipinski definition) is 4. The number of benzene rings is 2. The first-order chi connectivity index (χ1) is 11.2. The standard InChI is InChI=1S/C16H11F2N5/c17-12-5-1-10(2-6-12)14-9-15(11-3-7-13(18)8-4-11)23-16(19-14)20-21-22-23/h1-9,15H,(H,19,20,22)/t15-/m0/s1. The average Bonchev–Trinajstić information content (AvgIpc) is 3.04. The number of nitrogens with zero attached hydrogens (tertiary/aromatic N) is 4. The number of halogens is 2. The summed E-state index contributed by atoms with van der Waals surface area (Å²) in [6, 6.07) is 12.0. The van der Waals surface area contributed by atoms with E-state index in [-0.39, 0.29) is 17.7 Å². The van der Waals surface area contributed by atoms with Crippen LogP contribution in [0, 0.1) is 11.6 Å². The van der Waals surface area contributed by atoms with Crippen molar-refractivity contribution in [2.45, 2.75) is 6.04 Å². The van der Waals surface area contributed by atoms with Crippen molar-refractivity contribution in [2.75, 3.05) is 5.32 Å². The van der Waals surface area contributed by atoms with Gasteiger partial charge in [-0.1, -0.05) is 17.2 Å². The van der Waals surface area contributed by atoms with Crippen molar-refractivity contribution in [3.8, 4) is 0 Å². The van der Waals surface area contributed by atoms with Crippen LogP contribution in [0.4, 0.5) is 14.7 Å². The van der Waals surface area contributed by atoms with E-state index in [1.807, 2.05) is 6.08 Å². The van der Waals surface area contributed by atoms with E-state index in [0.29, 0.717) is 5.95 Å². The SMILES string of the molecule is Fc1ccc(C2=C[C@@H](c3ccc(F)cc3)n3nnnc3N2)cc1. The molecule has 4 rings (SSSR count). The number of tetrazole rings is 1. The van der Waals surface area contributed by atoms with Gasteiger partial charge in [0.1, 0.15) is 17.7 Å². The molecule has 7 heteroatoms. The molecule has 5 nitrogen and oxygen atoms in total. The molecule has 0 amide bonds. The molecule has 0 fully saturated rings. The summed E-state index contributed by atoms with van der Waals surface area (Å²) in [7, 11) is 0. The molecule has 0 bridgehead atoms. The van der Waals surface area contributed by atoms with Crippen molar-refractivity contribution < 1.29 is 8.78 Å². The molecule has 1 aliphatic heterocycles. The van der Waals surface area contributed by atoms with Gasteiger partial charge in [-0.05, 0) is 64.0 Å². The second-order valence-corrected chi connectivity index (χ2v) is 5.16. The van der Waals surface area contributed by atoms with Crippen LogP contribution in [0.2, 0.25) is 0 Å². The molecule has 2 heterocycles. The average molecular weight is 311 g/mol. The number of nitrogens with one attached hydrogen (secondary N) is 1. The minimum absolute atomic E-state index is 0.276. The fourth-order valence-electron chi connectivity index (χ4n) is 2.55. The summed E-state index contributed by atoms with van der Waals surface area (Å²) in [6.07, 6.45) is 1.92. The van der Waals surface area contributed by atoms with E-state index in [9.17, 15) is 8.78 Å². The lowest BCUT2D eigenvalue weighted by atomic mass is 10.0. The molecule has 114 valence electrons. The number of allylic oxidation sites excluding steroid dienone is 1. The summed E-state index contributed by atoms with van der Waals surface area (Å²) in [4.78, 5) is 0. The Balaban J connectivity index is 1.79. The Labute approximate surface area is 130 Å². The molecule has 0 saturated carbocycles. The summed E-state index contributed by atoms with van der Waals surface area (Å²) in [5.74, 6) is -0.131. The van der Waals surface area contributed by atoms with Gasteiger partial charge in [-0.3, -0.25) is 0 Å². The molecule has 0 unspecified atom stereocenters. The zero-order chi connectivity index (χ0) is 15.8. The Morgan fingerprint density at radius 1 is 0.913 bits per heavy atom. The highest BCUT2D eigenvalue weighted by Crippen LogP contribution is 2.31. The van der Waals surface area contributed by atoms with Crippen LogP contribution in [0.3, 0.4) is 0 Å². The van der Waals surface area contributed by atoms with E-state index in [0.717, 1.165) is 16.8 Å². The van der Waals surface area contributed by atoms with Gasteiger partial charge in [0.05, 0.1) is 0 Å². The van der Waals surface area contributed by atoms with Crippen LogP contribution in [0.25, 0.3) is 5.70 Å². The lowest BCUT2D eigenvalue weighted by Crippen LogP contribution is -2.20. The topological polar surface area (TPSA) is 55.6 Å². The molecule has 1 aliphatic rings. The van der Waals surface area contributed by atoms with E-state index >= 15 is 0 Å². The molecule has 1 N–H and O–H groups in total. The van der Waals surface area contributed by atoms with Crippen LogP contribution < -0.4 is 5.32 Å².